The van der Waals surface area contributed by atoms with Gasteiger partial charge in [-0.25, -0.2) is 14.4 Å². The monoisotopic (exact) mass is 923 g/mol. The molecule has 0 fully saturated rings. The van der Waals surface area contributed by atoms with E-state index in [1.807, 2.05) is 6.92 Å². The predicted octanol–water partition coefficient (Wildman–Crippen LogP) is 6.85. The highest BCUT2D eigenvalue weighted by molar-refractivity contribution is 6.78. The minimum Gasteiger partial charge on any atom is -0.540 e. The molecule has 3 atom stereocenters. The van der Waals surface area contributed by atoms with E-state index in [1.165, 1.54) is 24.2 Å². The van der Waals surface area contributed by atoms with E-state index in [-0.39, 0.29) is 78.7 Å². The average Bonchev–Trinajstić information content (AvgIpc) is 3.63. The second-order valence-electron chi connectivity index (χ2n) is 17.5. The van der Waals surface area contributed by atoms with Gasteiger partial charge in [0, 0.05) is 24.5 Å². The molecule has 0 aromatic heterocycles. The molecule has 0 radical (unpaired) electrons. The van der Waals surface area contributed by atoms with Crippen LogP contribution in [0.3, 0.4) is 0 Å². The number of anilines is 2. The number of nitrogens with one attached hydrogen (secondary N) is 4. The van der Waals surface area contributed by atoms with Gasteiger partial charge in [0.25, 0.3) is 14.2 Å². The van der Waals surface area contributed by atoms with Crippen molar-refractivity contribution in [1.29, 1.82) is 0 Å². The molecule has 65 heavy (non-hydrogen) atoms. The normalized spacial score (nSPS) is 14.7. The van der Waals surface area contributed by atoms with Gasteiger partial charge in [-0.3, -0.25) is 19.3 Å². The smallest absolute Gasteiger partial charge is 0.412 e. The summed E-state index contributed by atoms with van der Waals surface area (Å²) in [5.41, 5.74) is 7.45. The SMILES string of the molecule is C=CCOC(=O)NC(C(=O)NC(CCCNC(N)=O)C(=O)Nc1ccc(CN(C(=O)O)c2cc(O[Si](C(C)C)(C(C)C)C(C)C)c(OC)cc2C(=O)N2C=C(C)CC2CO)cc1)C(C)C. The van der Waals surface area contributed by atoms with Crippen LogP contribution in [-0.2, 0) is 20.9 Å². The lowest BCUT2D eigenvalue weighted by Gasteiger charge is -2.42. The van der Waals surface area contributed by atoms with Gasteiger partial charge >= 0.3 is 18.2 Å². The third-order valence-corrected chi connectivity index (χ3v) is 17.5. The quantitative estimate of drug-likeness (QED) is 0.0345. The topological polar surface area (TPSA) is 251 Å². The minimum absolute atomic E-state index is 0.0264. The standard InChI is InChI=1S/C46H69N7O11Si/c1-12-20-63-45(59)51-40(27(2)3)42(56)50-36(14-13-19-48-44(47)58)41(55)49-33-17-15-32(16-18-33)25-53(46(60)61)37-23-39(64-65(28(4)5,29(6)7)30(8)9)38(62-11)22-35(37)43(57)52-24-31(10)21-34(52)26-54/h12,15-18,22-24,27-30,34,36,40,54H,1,13-14,19-21,25-26H2,2-11H3,(H,49,55)(H,50,56)(H,51,59)(H,60,61)(H3,47,48,58). The third-order valence-electron chi connectivity index (χ3n) is 11.5. The van der Waals surface area contributed by atoms with Crippen LogP contribution in [0, 0.1) is 5.92 Å². The molecule has 3 unspecified atom stereocenters. The zero-order valence-electron chi connectivity index (χ0n) is 39.4. The summed E-state index contributed by atoms with van der Waals surface area (Å²) in [6.07, 6.45) is 1.65. The highest BCUT2D eigenvalue weighted by Gasteiger charge is 2.48. The van der Waals surface area contributed by atoms with E-state index in [0.29, 0.717) is 23.4 Å². The van der Waals surface area contributed by atoms with Crippen LogP contribution in [0.2, 0.25) is 16.6 Å². The molecule has 3 rings (SSSR count). The number of hydrogen-bond donors (Lipinski definition) is 7. The van der Waals surface area contributed by atoms with Gasteiger partial charge in [0.2, 0.25) is 11.8 Å². The van der Waals surface area contributed by atoms with E-state index < -0.39 is 62.4 Å². The van der Waals surface area contributed by atoms with E-state index in [2.05, 4.69) is 69.4 Å². The fourth-order valence-corrected chi connectivity index (χ4v) is 13.6. The molecular formula is C46H69N7O11Si. The van der Waals surface area contributed by atoms with Crippen molar-refractivity contribution in [3.05, 3.63) is 72.0 Å². The van der Waals surface area contributed by atoms with Gasteiger partial charge in [-0.15, -0.1) is 0 Å². The molecule has 0 spiro atoms. The van der Waals surface area contributed by atoms with E-state index in [9.17, 15) is 39.0 Å². The number of nitrogens with two attached hydrogens (primary N) is 1. The largest absolute Gasteiger partial charge is 0.540 e. The number of ether oxygens (including phenoxy) is 2. The van der Waals surface area contributed by atoms with Crippen molar-refractivity contribution in [2.45, 2.75) is 123 Å². The van der Waals surface area contributed by atoms with Crippen molar-refractivity contribution in [1.82, 2.24) is 20.9 Å². The Bertz CT molecular complexity index is 2020. The number of nitrogens with zero attached hydrogens (tertiary/aromatic N) is 2. The molecule has 7 amide bonds. The van der Waals surface area contributed by atoms with Crippen molar-refractivity contribution >= 4 is 55.6 Å². The van der Waals surface area contributed by atoms with E-state index in [0.717, 1.165) is 10.5 Å². The Labute approximate surface area is 383 Å². The zero-order chi connectivity index (χ0) is 48.8. The minimum atomic E-state index is -2.63. The lowest BCUT2D eigenvalue weighted by molar-refractivity contribution is -0.128. The maximum Gasteiger partial charge on any atom is 0.412 e. The summed E-state index contributed by atoms with van der Waals surface area (Å²) in [6.45, 7) is 21.1. The summed E-state index contributed by atoms with van der Waals surface area (Å²) in [6, 6.07) is 5.99. The number of carbonyl (C=O) groups excluding carboxylic acids is 5. The summed E-state index contributed by atoms with van der Waals surface area (Å²) in [5.74, 6) is -1.57. The number of amides is 7. The summed E-state index contributed by atoms with van der Waals surface area (Å²) in [4.78, 5) is 81.0. The summed E-state index contributed by atoms with van der Waals surface area (Å²) in [7, 11) is -1.17. The number of urea groups is 1. The molecule has 0 bridgehead atoms. The predicted molar refractivity (Wildman–Crippen MR) is 251 cm³/mol. The lowest BCUT2D eigenvalue weighted by atomic mass is 10.0. The first-order chi connectivity index (χ1) is 30.6. The molecule has 1 aliphatic heterocycles. The summed E-state index contributed by atoms with van der Waals surface area (Å²) >= 11 is 0. The number of benzene rings is 2. The van der Waals surface area contributed by atoms with Crippen molar-refractivity contribution < 1.29 is 52.9 Å². The number of aliphatic hydroxyl groups is 1. The number of methoxy groups -OCH3 is 1. The Morgan fingerprint density at radius 3 is 2.11 bits per heavy atom. The Kier molecular flexibility index (Phi) is 19.9. The van der Waals surface area contributed by atoms with E-state index in [1.54, 1.807) is 50.4 Å². The Balaban J connectivity index is 2.03. The Hall–Kier alpha value is -6.08. The molecule has 1 aliphatic rings. The number of carboxylic acid groups (broad SMARTS) is 1. The molecule has 0 saturated carbocycles. The van der Waals surface area contributed by atoms with Crippen LogP contribution in [0.25, 0.3) is 0 Å². The third kappa shape index (κ3) is 14.0. The van der Waals surface area contributed by atoms with Crippen molar-refractivity contribution in [3.63, 3.8) is 0 Å². The molecule has 2 aromatic rings. The summed E-state index contributed by atoms with van der Waals surface area (Å²) in [5, 5.41) is 31.5. The van der Waals surface area contributed by atoms with Crippen LogP contribution in [0.5, 0.6) is 11.5 Å². The van der Waals surface area contributed by atoms with Crippen LogP contribution in [0.1, 0.15) is 97.5 Å². The van der Waals surface area contributed by atoms with Crippen LogP contribution in [0.15, 0.2) is 60.8 Å². The molecule has 358 valence electrons. The number of rotatable bonds is 23. The first-order valence-corrected chi connectivity index (χ1v) is 24.0. The fraction of sp³-hybridized carbons (Fsp3) is 0.522. The van der Waals surface area contributed by atoms with Gasteiger partial charge in [0.05, 0.1) is 37.6 Å². The van der Waals surface area contributed by atoms with Gasteiger partial charge < -0.3 is 56.0 Å². The maximum atomic E-state index is 14.4. The van der Waals surface area contributed by atoms with E-state index in [4.69, 9.17) is 19.6 Å². The Morgan fingerprint density at radius 2 is 1.58 bits per heavy atom. The highest BCUT2D eigenvalue weighted by Crippen LogP contribution is 2.47. The highest BCUT2D eigenvalue weighted by atomic mass is 28.4. The fourth-order valence-electron chi connectivity index (χ4n) is 8.36. The number of hydrogen-bond acceptors (Lipinski definition) is 10. The van der Waals surface area contributed by atoms with Gasteiger partial charge in [-0.1, -0.05) is 85.8 Å². The number of carbonyl (C=O) groups is 6. The molecule has 19 heteroatoms. The summed E-state index contributed by atoms with van der Waals surface area (Å²) < 4.78 is 17.9. The van der Waals surface area contributed by atoms with Gasteiger partial charge in [-0.05, 0) is 72.5 Å². The van der Waals surface area contributed by atoms with Gasteiger partial charge in [0.1, 0.15) is 24.4 Å². The molecule has 2 aromatic carbocycles. The lowest BCUT2D eigenvalue weighted by Crippen LogP contribution is -2.54. The van der Waals surface area contributed by atoms with Crippen LogP contribution in [-0.4, -0.2) is 104 Å². The number of alkyl carbamates (subject to hydrolysis) is 1. The molecule has 1 heterocycles. The molecule has 0 aliphatic carbocycles. The van der Waals surface area contributed by atoms with Gasteiger partial charge in [-0.2, -0.15) is 0 Å². The van der Waals surface area contributed by atoms with E-state index >= 15 is 0 Å². The van der Waals surface area contributed by atoms with Crippen molar-refractivity contribution in [3.8, 4) is 11.5 Å². The van der Waals surface area contributed by atoms with Crippen LogP contribution < -0.4 is 41.1 Å². The second kappa shape index (κ2) is 24.3. The van der Waals surface area contributed by atoms with Crippen molar-refractivity contribution in [2.75, 3.05) is 37.1 Å². The molecular weight excluding hydrogens is 855 g/mol. The zero-order valence-corrected chi connectivity index (χ0v) is 40.4. The average molecular weight is 924 g/mol. The maximum absolute atomic E-state index is 14.4. The first-order valence-electron chi connectivity index (χ1n) is 21.9. The van der Waals surface area contributed by atoms with Crippen LogP contribution in [0.4, 0.5) is 25.8 Å². The van der Waals surface area contributed by atoms with Crippen LogP contribution >= 0.6 is 0 Å². The van der Waals surface area contributed by atoms with Gasteiger partial charge in [0.15, 0.2) is 5.75 Å². The molecule has 18 nitrogen and oxygen atoms in total. The first kappa shape index (κ1) is 53.3. The van der Waals surface area contributed by atoms with Crippen molar-refractivity contribution in [2.24, 2.45) is 11.7 Å². The molecule has 0 saturated heterocycles. The second-order valence-corrected chi connectivity index (χ2v) is 22.8. The molecule has 8 N–H and O–H groups in total. The number of primary amides is 1. The number of aliphatic hydroxyl groups excluding tert-OH is 1. The Morgan fingerprint density at radius 1 is 0.954 bits per heavy atom.